The van der Waals surface area contributed by atoms with Gasteiger partial charge >= 0.3 is 0 Å². The third kappa shape index (κ3) is 8.42. The zero-order valence-electron chi connectivity index (χ0n) is 29.6. The topological polar surface area (TPSA) is 128 Å². The summed E-state index contributed by atoms with van der Waals surface area (Å²) in [6.45, 7) is 2.13. The normalized spacial score (nSPS) is 37.3. The fraction of sp³-hybridized carbons (Fsp3) is 0.895. The Morgan fingerprint density at radius 3 is 1.87 bits per heavy atom. The molecule has 10 aliphatic rings. The van der Waals surface area contributed by atoms with Crippen LogP contribution in [0, 0.1) is 46.3 Å². The average molecular weight is 653 g/mol. The van der Waals surface area contributed by atoms with Crippen molar-refractivity contribution in [1.82, 2.24) is 20.2 Å². The number of hydrogen-bond donors (Lipinski definition) is 3. The fourth-order valence-electron chi connectivity index (χ4n) is 12.4. The molecule has 0 aromatic carbocycles. The Balaban J connectivity index is 0.000000130. The first-order valence-electron chi connectivity index (χ1n) is 19.3. The molecule has 0 unspecified atom stereocenters. The number of aliphatic hydroxyl groups excluding tert-OH is 1. The van der Waals surface area contributed by atoms with Gasteiger partial charge in [0.05, 0.1) is 7.11 Å². The lowest BCUT2D eigenvalue weighted by molar-refractivity contribution is -0.129. The number of hydrazine groups is 1. The van der Waals surface area contributed by atoms with Gasteiger partial charge in [0.25, 0.3) is 0 Å². The van der Waals surface area contributed by atoms with Crippen LogP contribution in [-0.2, 0) is 28.9 Å². The van der Waals surface area contributed by atoms with E-state index in [1.807, 2.05) is 0 Å². The number of carbonyl (C=O) groups excluding carboxylic acids is 1. The fourth-order valence-corrected chi connectivity index (χ4v) is 12.4. The highest BCUT2D eigenvalue weighted by atomic mass is 16.5. The van der Waals surface area contributed by atoms with Crippen molar-refractivity contribution in [2.45, 2.75) is 148 Å². The number of nitrogens with zero attached hydrogens (tertiary/aromatic N) is 4. The Hall–Kier alpha value is -2.00. The van der Waals surface area contributed by atoms with Gasteiger partial charge in [-0.05, 0) is 149 Å². The molecule has 2 aliphatic heterocycles. The van der Waals surface area contributed by atoms with Gasteiger partial charge in [-0.1, -0.05) is 12.8 Å². The van der Waals surface area contributed by atoms with E-state index in [1.54, 1.807) is 7.11 Å². The maximum absolute atomic E-state index is 11.5. The van der Waals surface area contributed by atoms with Crippen LogP contribution in [0.2, 0.25) is 0 Å². The molecule has 8 aliphatic carbocycles. The minimum atomic E-state index is 0.0388. The molecular weight excluding hydrogens is 588 g/mol. The molecule has 0 atom stereocenters. The minimum absolute atomic E-state index is 0.0388. The molecule has 264 valence electrons. The number of aryl methyl sites for hydroxylation is 1. The number of aliphatic hydroxyl groups is 1. The molecule has 9 heteroatoms. The van der Waals surface area contributed by atoms with Gasteiger partial charge in [-0.3, -0.25) is 15.2 Å². The predicted octanol–water partition coefficient (Wildman–Crippen LogP) is 6.56. The molecule has 0 spiro atoms. The van der Waals surface area contributed by atoms with E-state index in [0.29, 0.717) is 17.3 Å². The number of aliphatic imine (C=N–C) groups is 1. The second-order valence-corrected chi connectivity index (χ2v) is 17.0. The Morgan fingerprint density at radius 2 is 1.32 bits per heavy atom. The number of rotatable bonds is 4. The predicted molar refractivity (Wildman–Crippen MR) is 185 cm³/mol. The number of carbonyl (C=O) groups is 1. The van der Waals surface area contributed by atoms with Crippen molar-refractivity contribution in [2.75, 3.05) is 20.8 Å². The Kier molecular flexibility index (Phi) is 11.6. The molecule has 1 aromatic heterocycles. The number of nitrogens with two attached hydrogens (primary N) is 1. The van der Waals surface area contributed by atoms with E-state index < -0.39 is 0 Å². The van der Waals surface area contributed by atoms with Crippen LogP contribution >= 0.6 is 0 Å². The molecule has 1 aromatic rings. The Morgan fingerprint density at radius 1 is 0.787 bits per heavy atom. The van der Waals surface area contributed by atoms with Crippen molar-refractivity contribution in [1.29, 1.82) is 0 Å². The standard InChI is InChI=1S/C18H27N3.C12H20N2O.C7H13NO.CH4O/c1-2-4-16-19-20-17(21(16)5-3-1)12-18-9-13-6-14(10-18)8-15(7-13)11-18;13-14-11(15)7-12-4-8-1-9(5-12)3-10(2-8)6-12;1-9-7-5-3-2-4-6-8-7;1-2/h13-15H,1-12H2;8-10H,1-7,13H2,(H,14,15);2-6H2,1H3;2H,1H3. The first kappa shape index (κ1) is 34.8. The van der Waals surface area contributed by atoms with Gasteiger partial charge in [-0.15, -0.1) is 10.2 Å². The van der Waals surface area contributed by atoms with Crippen LogP contribution in [0.4, 0.5) is 0 Å². The molecular formula is C38H64N6O3. The highest BCUT2D eigenvalue weighted by molar-refractivity contribution is 5.76. The van der Waals surface area contributed by atoms with E-state index in [1.165, 1.54) is 140 Å². The van der Waals surface area contributed by atoms with Gasteiger partial charge < -0.3 is 14.4 Å². The maximum Gasteiger partial charge on any atom is 0.234 e. The average Bonchev–Trinajstić information content (AvgIpc) is 3.24. The number of amides is 1. The third-order valence-electron chi connectivity index (χ3n) is 13.3. The summed E-state index contributed by atoms with van der Waals surface area (Å²) in [6.07, 6.45) is 29.1. The van der Waals surface area contributed by atoms with Crippen molar-refractivity contribution in [2.24, 2.45) is 57.2 Å². The molecule has 9 nitrogen and oxygen atoms in total. The van der Waals surface area contributed by atoms with Crippen molar-refractivity contribution in [3.63, 3.8) is 0 Å². The lowest BCUT2D eigenvalue weighted by atomic mass is 9.49. The molecule has 1 amide bonds. The van der Waals surface area contributed by atoms with Crippen molar-refractivity contribution in [3.8, 4) is 0 Å². The van der Waals surface area contributed by atoms with E-state index in [2.05, 4.69) is 25.2 Å². The van der Waals surface area contributed by atoms with Crippen molar-refractivity contribution >= 4 is 11.8 Å². The summed E-state index contributed by atoms with van der Waals surface area (Å²) < 4.78 is 7.51. The lowest BCUT2D eigenvalue weighted by Crippen LogP contribution is -2.48. The van der Waals surface area contributed by atoms with Gasteiger partial charge in [-0.2, -0.15) is 0 Å². The first-order valence-corrected chi connectivity index (χ1v) is 19.3. The van der Waals surface area contributed by atoms with Gasteiger partial charge in [0.15, 0.2) is 5.90 Å². The van der Waals surface area contributed by atoms with Crippen LogP contribution in [0.1, 0.15) is 140 Å². The Bertz CT molecular complexity index is 1140. The summed E-state index contributed by atoms with van der Waals surface area (Å²) in [6, 6.07) is 0. The summed E-state index contributed by atoms with van der Waals surface area (Å²) in [5.41, 5.74) is 3.23. The SMILES string of the molecule is C1CCc2nnc(CC34CC5CC(CC(C5)C3)C4)n2CC1.CO.COC1=NCCCCC1.NNC(=O)CC12CC3CC(CC(C3)C1)C2. The molecule has 8 saturated carbocycles. The monoisotopic (exact) mass is 653 g/mol. The highest BCUT2D eigenvalue weighted by Crippen LogP contribution is 2.62. The number of fused-ring (bicyclic) bond motifs is 1. The first-order chi connectivity index (χ1) is 22.9. The van der Waals surface area contributed by atoms with Gasteiger partial charge in [0, 0.05) is 45.9 Å². The van der Waals surface area contributed by atoms with Gasteiger partial charge in [-0.25, -0.2) is 5.84 Å². The lowest BCUT2D eigenvalue weighted by Gasteiger charge is -2.56. The van der Waals surface area contributed by atoms with Crippen LogP contribution < -0.4 is 11.3 Å². The van der Waals surface area contributed by atoms with E-state index in [0.717, 1.165) is 67.9 Å². The van der Waals surface area contributed by atoms with E-state index in [4.69, 9.17) is 15.7 Å². The summed E-state index contributed by atoms with van der Waals surface area (Å²) in [5.74, 6) is 14.7. The van der Waals surface area contributed by atoms with E-state index >= 15 is 0 Å². The van der Waals surface area contributed by atoms with Gasteiger partial charge in [0.2, 0.25) is 5.91 Å². The summed E-state index contributed by atoms with van der Waals surface area (Å²) in [7, 11) is 2.70. The van der Waals surface area contributed by atoms with Crippen LogP contribution in [0.5, 0.6) is 0 Å². The number of aromatic nitrogens is 3. The second-order valence-electron chi connectivity index (χ2n) is 17.0. The quantitative estimate of drug-likeness (QED) is 0.192. The zero-order chi connectivity index (χ0) is 32.9. The molecule has 11 rings (SSSR count). The second kappa shape index (κ2) is 15.7. The van der Waals surface area contributed by atoms with E-state index in [9.17, 15) is 4.79 Å². The molecule has 8 bridgehead atoms. The molecule has 4 N–H and O–H groups in total. The smallest absolute Gasteiger partial charge is 0.234 e. The highest BCUT2D eigenvalue weighted by Gasteiger charge is 2.52. The zero-order valence-corrected chi connectivity index (χ0v) is 29.6. The number of nitrogens with one attached hydrogen (secondary N) is 1. The number of hydrogen-bond acceptors (Lipinski definition) is 7. The largest absolute Gasteiger partial charge is 0.484 e. The van der Waals surface area contributed by atoms with Crippen LogP contribution in [-0.4, -0.2) is 52.4 Å². The molecule has 0 saturated heterocycles. The van der Waals surface area contributed by atoms with E-state index in [-0.39, 0.29) is 5.91 Å². The number of methoxy groups -OCH3 is 1. The minimum Gasteiger partial charge on any atom is -0.484 e. The maximum atomic E-state index is 11.5. The van der Waals surface area contributed by atoms with Crippen molar-refractivity contribution < 1.29 is 14.6 Å². The van der Waals surface area contributed by atoms with Crippen LogP contribution in [0.25, 0.3) is 0 Å². The Labute approximate surface area is 283 Å². The molecule has 47 heavy (non-hydrogen) atoms. The summed E-state index contributed by atoms with van der Waals surface area (Å²) in [4.78, 5) is 15.7. The van der Waals surface area contributed by atoms with Crippen molar-refractivity contribution in [3.05, 3.63) is 11.6 Å². The summed E-state index contributed by atoms with van der Waals surface area (Å²) in [5, 5.41) is 16.2. The van der Waals surface area contributed by atoms with Crippen LogP contribution in [0.15, 0.2) is 4.99 Å². The molecule has 3 heterocycles. The summed E-state index contributed by atoms with van der Waals surface area (Å²) >= 11 is 0. The molecule has 8 fully saturated rings. The molecule has 0 radical (unpaired) electrons. The number of ether oxygens (including phenoxy) is 1. The third-order valence-corrected chi connectivity index (χ3v) is 13.3. The van der Waals surface area contributed by atoms with Gasteiger partial charge in [0.1, 0.15) is 11.6 Å². The van der Waals surface area contributed by atoms with Crippen LogP contribution in [0.3, 0.4) is 0 Å².